The van der Waals surface area contributed by atoms with Gasteiger partial charge in [0.15, 0.2) is 17.2 Å². The molecule has 0 aliphatic carbocycles. The number of ether oxygens (including phenoxy) is 2. The number of pyridine rings is 1. The highest BCUT2D eigenvalue weighted by Crippen LogP contribution is 2.31. The summed E-state index contributed by atoms with van der Waals surface area (Å²) in [4.78, 5) is 34.8. The zero-order chi connectivity index (χ0) is 25.9. The largest absolute Gasteiger partial charge is 0.491 e. The lowest BCUT2D eigenvalue weighted by Gasteiger charge is -2.19. The maximum Gasteiger partial charge on any atom is 0.335 e. The van der Waals surface area contributed by atoms with Crippen LogP contribution in [0.5, 0.6) is 11.6 Å². The van der Waals surface area contributed by atoms with E-state index in [1.165, 1.54) is 19.2 Å². The Kier molecular flexibility index (Phi) is 6.45. The first-order chi connectivity index (χ1) is 17.9. The summed E-state index contributed by atoms with van der Waals surface area (Å²) in [5.41, 5.74) is 2.04. The van der Waals surface area contributed by atoms with Gasteiger partial charge < -0.3 is 30.1 Å². The standard InChI is InChI=1S/C25H25N7O5/c1-36-19-7-8-20(29-24(19)37-2)28-18-13-21(30-32-12-10-26-22(18)32)31-11-9-16(14-31)23(33)27-17-5-3-15(4-6-17)25(34)35/h3-8,10,12-13,16H,9,11,14H2,1-2H3,(H,27,33)(H,28,29)(H,34,35). The third-order valence-electron chi connectivity index (χ3n) is 6.13. The maximum atomic E-state index is 12.9. The molecule has 4 heterocycles. The molecule has 3 N–H and O–H groups in total. The number of nitrogens with zero attached hydrogens (tertiary/aromatic N) is 5. The summed E-state index contributed by atoms with van der Waals surface area (Å²) in [7, 11) is 3.07. The monoisotopic (exact) mass is 503 g/mol. The van der Waals surface area contributed by atoms with Gasteiger partial charge in [-0.25, -0.2) is 14.3 Å². The van der Waals surface area contributed by atoms with Crippen molar-refractivity contribution >= 4 is 40.5 Å². The van der Waals surface area contributed by atoms with E-state index in [-0.39, 0.29) is 17.4 Å². The highest BCUT2D eigenvalue weighted by molar-refractivity contribution is 5.94. The number of hydrogen-bond donors (Lipinski definition) is 3. The maximum absolute atomic E-state index is 12.9. The van der Waals surface area contributed by atoms with Crippen molar-refractivity contribution in [3.8, 4) is 11.6 Å². The first-order valence-corrected chi connectivity index (χ1v) is 11.5. The number of aromatic nitrogens is 4. The van der Waals surface area contributed by atoms with E-state index in [0.717, 1.165) is 0 Å². The fraction of sp³-hybridized carbons (Fsp3) is 0.240. The molecule has 12 heteroatoms. The third-order valence-corrected chi connectivity index (χ3v) is 6.13. The Balaban J connectivity index is 1.32. The molecule has 0 spiro atoms. The lowest BCUT2D eigenvalue weighted by atomic mass is 10.1. The van der Waals surface area contributed by atoms with Gasteiger partial charge in [-0.1, -0.05) is 0 Å². The van der Waals surface area contributed by atoms with Crippen LogP contribution in [0.4, 0.5) is 23.0 Å². The molecule has 1 aliphatic rings. The average Bonchev–Trinajstić information content (AvgIpc) is 3.59. The van der Waals surface area contributed by atoms with Gasteiger partial charge in [0.05, 0.1) is 31.4 Å². The molecule has 1 aliphatic heterocycles. The van der Waals surface area contributed by atoms with Gasteiger partial charge in [-0.15, -0.1) is 5.10 Å². The molecule has 3 aromatic heterocycles. The van der Waals surface area contributed by atoms with Gasteiger partial charge in [0.25, 0.3) is 5.88 Å². The molecule has 0 bridgehead atoms. The lowest BCUT2D eigenvalue weighted by molar-refractivity contribution is -0.119. The van der Waals surface area contributed by atoms with Gasteiger partial charge in [0.2, 0.25) is 5.91 Å². The molecule has 4 aromatic rings. The number of carbonyl (C=O) groups is 2. The minimum atomic E-state index is -1.01. The Morgan fingerprint density at radius 2 is 1.92 bits per heavy atom. The second kappa shape index (κ2) is 10.0. The normalized spacial score (nSPS) is 15.0. The molecule has 1 unspecified atom stereocenters. The number of anilines is 4. The van der Waals surface area contributed by atoms with Crippen LogP contribution in [-0.2, 0) is 4.79 Å². The van der Waals surface area contributed by atoms with E-state index in [4.69, 9.17) is 14.6 Å². The lowest BCUT2D eigenvalue weighted by Crippen LogP contribution is -2.27. The van der Waals surface area contributed by atoms with Crippen LogP contribution in [-0.4, -0.2) is 63.9 Å². The summed E-state index contributed by atoms with van der Waals surface area (Å²) in [6.45, 7) is 1.14. The molecule has 1 amide bonds. The summed E-state index contributed by atoms with van der Waals surface area (Å²) < 4.78 is 12.2. The topological polar surface area (TPSA) is 143 Å². The predicted molar refractivity (Wildman–Crippen MR) is 136 cm³/mol. The Bertz CT molecular complexity index is 1450. The summed E-state index contributed by atoms with van der Waals surface area (Å²) in [5.74, 6) is 0.732. The third kappa shape index (κ3) is 4.94. The molecule has 1 atom stereocenters. The first kappa shape index (κ1) is 23.9. The number of hydrogen-bond acceptors (Lipinski definition) is 9. The Labute approximate surface area is 211 Å². The highest BCUT2D eigenvalue weighted by Gasteiger charge is 2.30. The van der Waals surface area contributed by atoms with Gasteiger partial charge in [0, 0.05) is 37.2 Å². The highest BCUT2D eigenvalue weighted by atomic mass is 16.5. The molecule has 5 rings (SSSR count). The zero-order valence-corrected chi connectivity index (χ0v) is 20.2. The van der Waals surface area contributed by atoms with Gasteiger partial charge in [-0.3, -0.25) is 4.79 Å². The number of benzene rings is 1. The van der Waals surface area contributed by atoms with Gasteiger partial charge in [-0.05, 0) is 42.8 Å². The van der Waals surface area contributed by atoms with Crippen LogP contribution < -0.4 is 25.0 Å². The van der Waals surface area contributed by atoms with Crippen LogP contribution in [0.1, 0.15) is 16.8 Å². The van der Waals surface area contributed by atoms with Crippen LogP contribution in [0.15, 0.2) is 54.9 Å². The molecule has 0 radical (unpaired) electrons. The van der Waals surface area contributed by atoms with E-state index in [9.17, 15) is 9.59 Å². The average molecular weight is 504 g/mol. The Morgan fingerprint density at radius 3 is 2.65 bits per heavy atom. The molecule has 12 nitrogen and oxygen atoms in total. The fourth-order valence-corrected chi connectivity index (χ4v) is 4.21. The number of aromatic carboxylic acids is 1. The minimum Gasteiger partial charge on any atom is -0.491 e. The molecular formula is C25H25N7O5. The second-order valence-electron chi connectivity index (χ2n) is 8.45. The van der Waals surface area contributed by atoms with Gasteiger partial charge >= 0.3 is 5.97 Å². The number of carboxylic acid groups (broad SMARTS) is 1. The zero-order valence-electron chi connectivity index (χ0n) is 20.2. The smallest absolute Gasteiger partial charge is 0.335 e. The first-order valence-electron chi connectivity index (χ1n) is 11.5. The number of imidazole rings is 1. The van der Waals surface area contributed by atoms with Crippen LogP contribution in [0.25, 0.3) is 5.65 Å². The van der Waals surface area contributed by atoms with Crippen molar-refractivity contribution in [2.75, 3.05) is 42.8 Å². The SMILES string of the molecule is COc1ccc(Nc2cc(N3CCC(C(=O)Nc4ccc(C(=O)O)cc4)C3)nn3ccnc23)nc1OC. The van der Waals surface area contributed by atoms with Gasteiger partial charge in [-0.2, -0.15) is 4.98 Å². The van der Waals surface area contributed by atoms with Crippen LogP contribution >= 0.6 is 0 Å². The van der Waals surface area contributed by atoms with E-state index in [1.807, 2.05) is 11.0 Å². The van der Waals surface area contributed by atoms with Crippen molar-refractivity contribution in [1.82, 2.24) is 19.6 Å². The molecule has 1 aromatic carbocycles. The minimum absolute atomic E-state index is 0.123. The summed E-state index contributed by atoms with van der Waals surface area (Å²) in [6.07, 6.45) is 4.07. The Hall–Kier alpha value is -4.87. The van der Waals surface area contributed by atoms with Crippen molar-refractivity contribution in [1.29, 1.82) is 0 Å². The number of amides is 1. The van der Waals surface area contributed by atoms with Crippen molar-refractivity contribution in [3.63, 3.8) is 0 Å². The van der Waals surface area contributed by atoms with E-state index in [2.05, 4.69) is 25.7 Å². The van der Waals surface area contributed by atoms with E-state index < -0.39 is 5.97 Å². The molecule has 1 fully saturated rings. The number of methoxy groups -OCH3 is 2. The number of nitrogens with one attached hydrogen (secondary N) is 2. The quantitative estimate of drug-likeness (QED) is 0.328. The van der Waals surface area contributed by atoms with Crippen molar-refractivity contribution in [2.24, 2.45) is 5.92 Å². The molecule has 1 saturated heterocycles. The summed E-state index contributed by atoms with van der Waals surface area (Å²) in [5, 5.41) is 19.9. The number of fused-ring (bicyclic) bond motifs is 1. The summed E-state index contributed by atoms with van der Waals surface area (Å²) >= 11 is 0. The van der Waals surface area contributed by atoms with E-state index >= 15 is 0 Å². The molecular weight excluding hydrogens is 478 g/mol. The molecule has 37 heavy (non-hydrogen) atoms. The summed E-state index contributed by atoms with van der Waals surface area (Å²) in [6, 6.07) is 11.5. The second-order valence-corrected chi connectivity index (χ2v) is 8.45. The van der Waals surface area contributed by atoms with Crippen LogP contribution in [0.3, 0.4) is 0 Å². The predicted octanol–water partition coefficient (Wildman–Crippen LogP) is 3.05. The van der Waals surface area contributed by atoms with Crippen molar-refractivity contribution < 1.29 is 24.2 Å². The van der Waals surface area contributed by atoms with E-state index in [0.29, 0.717) is 59.8 Å². The van der Waals surface area contributed by atoms with Crippen molar-refractivity contribution in [3.05, 3.63) is 60.4 Å². The van der Waals surface area contributed by atoms with Gasteiger partial charge in [0.1, 0.15) is 5.82 Å². The van der Waals surface area contributed by atoms with E-state index in [1.54, 1.807) is 48.3 Å². The molecule has 190 valence electrons. The number of carboxylic acids is 1. The van der Waals surface area contributed by atoms with Crippen LogP contribution in [0, 0.1) is 5.92 Å². The van der Waals surface area contributed by atoms with Crippen LogP contribution in [0.2, 0.25) is 0 Å². The number of rotatable bonds is 8. The Morgan fingerprint density at radius 1 is 1.11 bits per heavy atom. The number of carbonyl (C=O) groups excluding carboxylic acids is 1. The van der Waals surface area contributed by atoms with Crippen molar-refractivity contribution in [2.45, 2.75) is 6.42 Å². The fourth-order valence-electron chi connectivity index (χ4n) is 4.21. The molecule has 0 saturated carbocycles.